The van der Waals surface area contributed by atoms with Gasteiger partial charge in [0.15, 0.2) is 11.5 Å². The minimum absolute atomic E-state index is 0.421. The first-order valence-electron chi connectivity index (χ1n) is 8.02. The van der Waals surface area contributed by atoms with Crippen molar-refractivity contribution in [2.24, 2.45) is 5.92 Å². The maximum atomic E-state index is 5.95. The molecule has 0 saturated carbocycles. The predicted molar refractivity (Wildman–Crippen MR) is 90.4 cm³/mol. The van der Waals surface area contributed by atoms with Crippen LogP contribution in [0.5, 0.6) is 11.5 Å². The molecule has 0 aliphatic carbocycles. The molecule has 0 radical (unpaired) electrons. The van der Waals surface area contributed by atoms with Gasteiger partial charge in [-0.25, -0.2) is 9.97 Å². The summed E-state index contributed by atoms with van der Waals surface area (Å²) >= 11 is 0. The third-order valence-electron chi connectivity index (χ3n) is 4.32. The fourth-order valence-corrected chi connectivity index (χ4v) is 2.91. The molecule has 1 aliphatic heterocycles. The summed E-state index contributed by atoms with van der Waals surface area (Å²) in [6.07, 6.45) is 3.52. The molecule has 5 heteroatoms. The van der Waals surface area contributed by atoms with E-state index in [1.807, 2.05) is 19.2 Å². The lowest BCUT2D eigenvalue weighted by Gasteiger charge is -2.26. The standard InChI is InChI=1S/C18H23N3O2/c1-4-21(2)17-10-15(19-12-20-17)9-13-8-14-6-5-7-16(22-3)18(14)23-11-13/h5-7,10,12-13H,4,8-9,11H2,1-3H3/t13-/m1/s1. The number of fused-ring (bicyclic) bond motifs is 1. The van der Waals surface area contributed by atoms with Crippen molar-refractivity contribution in [3.05, 3.63) is 41.9 Å². The molecule has 0 unspecified atom stereocenters. The molecule has 3 rings (SSSR count). The number of aromatic nitrogens is 2. The number of benzene rings is 1. The van der Waals surface area contributed by atoms with Gasteiger partial charge in [0, 0.05) is 31.3 Å². The van der Waals surface area contributed by atoms with Crippen LogP contribution in [0.25, 0.3) is 0 Å². The molecule has 1 aromatic carbocycles. The van der Waals surface area contributed by atoms with Crippen LogP contribution >= 0.6 is 0 Å². The van der Waals surface area contributed by atoms with E-state index in [0.29, 0.717) is 12.5 Å². The van der Waals surface area contributed by atoms with E-state index in [4.69, 9.17) is 9.47 Å². The Morgan fingerprint density at radius 2 is 2.22 bits per heavy atom. The van der Waals surface area contributed by atoms with Crippen LogP contribution in [-0.4, -0.2) is 37.3 Å². The number of methoxy groups -OCH3 is 1. The lowest BCUT2D eigenvalue weighted by atomic mass is 9.92. The van der Waals surface area contributed by atoms with Crippen molar-refractivity contribution in [1.29, 1.82) is 0 Å². The van der Waals surface area contributed by atoms with Gasteiger partial charge >= 0.3 is 0 Å². The lowest BCUT2D eigenvalue weighted by molar-refractivity contribution is 0.210. The quantitative estimate of drug-likeness (QED) is 0.849. The minimum atomic E-state index is 0.421. The van der Waals surface area contributed by atoms with Gasteiger partial charge in [-0.05, 0) is 31.4 Å². The van der Waals surface area contributed by atoms with Crippen molar-refractivity contribution < 1.29 is 9.47 Å². The Kier molecular flexibility index (Phi) is 4.65. The second-order valence-electron chi connectivity index (χ2n) is 5.92. The Bertz CT molecular complexity index is 675. The van der Waals surface area contributed by atoms with Gasteiger partial charge in [0.05, 0.1) is 13.7 Å². The summed E-state index contributed by atoms with van der Waals surface area (Å²) in [5.74, 6) is 3.09. The van der Waals surface area contributed by atoms with Crippen LogP contribution in [0, 0.1) is 5.92 Å². The molecule has 0 bridgehead atoms. The summed E-state index contributed by atoms with van der Waals surface area (Å²) in [5.41, 5.74) is 2.27. The van der Waals surface area contributed by atoms with Crippen LogP contribution in [-0.2, 0) is 12.8 Å². The highest BCUT2D eigenvalue weighted by atomic mass is 16.5. The smallest absolute Gasteiger partial charge is 0.164 e. The third kappa shape index (κ3) is 3.38. The molecule has 0 N–H and O–H groups in total. The maximum Gasteiger partial charge on any atom is 0.164 e. The molecule has 0 fully saturated rings. The van der Waals surface area contributed by atoms with Gasteiger partial charge in [-0.2, -0.15) is 0 Å². The van der Waals surface area contributed by atoms with Crippen LogP contribution in [0.15, 0.2) is 30.6 Å². The van der Waals surface area contributed by atoms with Gasteiger partial charge in [0.25, 0.3) is 0 Å². The van der Waals surface area contributed by atoms with Crippen molar-refractivity contribution in [1.82, 2.24) is 9.97 Å². The van der Waals surface area contributed by atoms with Gasteiger partial charge in [-0.1, -0.05) is 12.1 Å². The molecule has 5 nitrogen and oxygen atoms in total. The lowest BCUT2D eigenvalue weighted by Crippen LogP contribution is -2.24. The van der Waals surface area contributed by atoms with Crippen molar-refractivity contribution in [3.63, 3.8) is 0 Å². The summed E-state index contributed by atoms with van der Waals surface area (Å²) in [4.78, 5) is 10.9. The van der Waals surface area contributed by atoms with Crippen molar-refractivity contribution in [3.8, 4) is 11.5 Å². The topological polar surface area (TPSA) is 47.5 Å². The molecule has 2 heterocycles. The van der Waals surface area contributed by atoms with E-state index in [1.165, 1.54) is 5.56 Å². The highest BCUT2D eigenvalue weighted by Crippen LogP contribution is 2.36. The van der Waals surface area contributed by atoms with Crippen molar-refractivity contribution in [2.75, 3.05) is 32.2 Å². The molecule has 1 atom stereocenters. The second-order valence-corrected chi connectivity index (χ2v) is 5.92. The van der Waals surface area contributed by atoms with Crippen LogP contribution < -0.4 is 14.4 Å². The van der Waals surface area contributed by atoms with E-state index in [1.54, 1.807) is 13.4 Å². The molecule has 122 valence electrons. The first kappa shape index (κ1) is 15.6. The zero-order valence-corrected chi connectivity index (χ0v) is 14.0. The molecule has 1 aromatic heterocycles. The molecular weight excluding hydrogens is 290 g/mol. The zero-order chi connectivity index (χ0) is 16.2. The molecule has 0 amide bonds. The Morgan fingerprint density at radius 3 is 3.00 bits per heavy atom. The maximum absolute atomic E-state index is 5.95. The molecule has 0 spiro atoms. The number of nitrogens with zero attached hydrogens (tertiary/aromatic N) is 3. The van der Waals surface area contributed by atoms with E-state index >= 15 is 0 Å². The van der Waals surface area contributed by atoms with E-state index in [2.05, 4.69) is 33.9 Å². The van der Waals surface area contributed by atoms with Crippen LogP contribution in [0.1, 0.15) is 18.2 Å². The summed E-state index contributed by atoms with van der Waals surface area (Å²) in [5, 5.41) is 0. The van der Waals surface area contributed by atoms with Crippen LogP contribution in [0.3, 0.4) is 0 Å². The molecule has 1 aliphatic rings. The first-order chi connectivity index (χ1) is 11.2. The molecule has 23 heavy (non-hydrogen) atoms. The highest BCUT2D eigenvalue weighted by molar-refractivity contribution is 5.48. The summed E-state index contributed by atoms with van der Waals surface area (Å²) in [6.45, 7) is 3.73. The predicted octanol–water partition coefficient (Wildman–Crippen LogP) is 2.74. The number of hydrogen-bond donors (Lipinski definition) is 0. The Balaban J connectivity index is 1.73. The Morgan fingerprint density at radius 1 is 1.35 bits per heavy atom. The molecular formula is C18H23N3O2. The summed E-state index contributed by atoms with van der Waals surface area (Å²) in [6, 6.07) is 8.14. The van der Waals surface area contributed by atoms with E-state index in [0.717, 1.165) is 42.4 Å². The first-order valence-corrected chi connectivity index (χ1v) is 8.02. The van der Waals surface area contributed by atoms with Crippen LogP contribution in [0.2, 0.25) is 0 Å². The number of para-hydroxylation sites is 1. The number of anilines is 1. The van der Waals surface area contributed by atoms with E-state index in [-0.39, 0.29) is 0 Å². The Hall–Kier alpha value is -2.30. The minimum Gasteiger partial charge on any atom is -0.493 e. The molecule has 0 saturated heterocycles. The SMILES string of the molecule is CCN(C)c1cc(C[C@@H]2COc3c(cccc3OC)C2)ncn1. The average molecular weight is 313 g/mol. The van der Waals surface area contributed by atoms with E-state index < -0.39 is 0 Å². The normalized spacial score (nSPS) is 16.4. The monoisotopic (exact) mass is 313 g/mol. The van der Waals surface area contributed by atoms with Gasteiger partial charge < -0.3 is 14.4 Å². The van der Waals surface area contributed by atoms with Crippen molar-refractivity contribution >= 4 is 5.82 Å². The summed E-state index contributed by atoms with van der Waals surface area (Å²) in [7, 11) is 3.72. The van der Waals surface area contributed by atoms with Gasteiger partial charge in [0.2, 0.25) is 0 Å². The van der Waals surface area contributed by atoms with Crippen molar-refractivity contribution in [2.45, 2.75) is 19.8 Å². The number of rotatable bonds is 5. The fraction of sp³-hybridized carbons (Fsp3) is 0.444. The van der Waals surface area contributed by atoms with E-state index in [9.17, 15) is 0 Å². The largest absolute Gasteiger partial charge is 0.493 e. The Labute approximate surface area is 137 Å². The number of hydrogen-bond acceptors (Lipinski definition) is 5. The van der Waals surface area contributed by atoms with Gasteiger partial charge in [0.1, 0.15) is 12.1 Å². The van der Waals surface area contributed by atoms with Crippen LogP contribution in [0.4, 0.5) is 5.82 Å². The zero-order valence-electron chi connectivity index (χ0n) is 14.0. The van der Waals surface area contributed by atoms with Gasteiger partial charge in [-0.3, -0.25) is 0 Å². The highest BCUT2D eigenvalue weighted by Gasteiger charge is 2.23. The average Bonchev–Trinajstić information content (AvgIpc) is 2.60. The molecule has 2 aromatic rings. The third-order valence-corrected chi connectivity index (χ3v) is 4.32. The fourth-order valence-electron chi connectivity index (χ4n) is 2.91. The number of ether oxygens (including phenoxy) is 2. The second kappa shape index (κ2) is 6.86. The van der Waals surface area contributed by atoms with Gasteiger partial charge in [-0.15, -0.1) is 0 Å². The summed E-state index contributed by atoms with van der Waals surface area (Å²) < 4.78 is 11.3.